The van der Waals surface area contributed by atoms with Crippen LogP contribution in [0.1, 0.15) is 27.4 Å². The molecule has 1 amide bonds. The first-order valence-corrected chi connectivity index (χ1v) is 8.48. The highest BCUT2D eigenvalue weighted by Crippen LogP contribution is 2.32. The normalized spacial score (nSPS) is 10.7. The number of hydrogen-bond donors (Lipinski definition) is 1. The fraction of sp³-hybridized carbons (Fsp3) is 0.250. The second kappa shape index (κ2) is 7.49. The number of methoxy groups -OCH3 is 1. The third kappa shape index (κ3) is 3.62. The van der Waals surface area contributed by atoms with E-state index in [1.807, 2.05) is 26.0 Å². The predicted molar refractivity (Wildman–Crippen MR) is 102 cm³/mol. The molecular weight excluding hydrogens is 344 g/mol. The van der Waals surface area contributed by atoms with Crippen molar-refractivity contribution in [1.29, 1.82) is 0 Å². The number of aryl methyl sites for hydroxylation is 2. The first kappa shape index (κ1) is 18.4. The van der Waals surface area contributed by atoms with Gasteiger partial charge in [0.05, 0.1) is 25.0 Å². The first-order chi connectivity index (χ1) is 12.9. The number of ether oxygens (including phenoxy) is 1. The maximum atomic E-state index is 12.7. The molecule has 0 radical (unpaired) electrons. The number of benzene rings is 1. The van der Waals surface area contributed by atoms with E-state index in [-0.39, 0.29) is 5.91 Å². The van der Waals surface area contributed by atoms with Crippen molar-refractivity contribution < 1.29 is 14.1 Å². The number of amides is 1. The fourth-order valence-corrected chi connectivity index (χ4v) is 2.91. The van der Waals surface area contributed by atoms with Crippen LogP contribution in [0.25, 0.3) is 11.3 Å². The Hall–Kier alpha value is -3.35. The summed E-state index contributed by atoms with van der Waals surface area (Å²) in [5.74, 6) is 1.16. The number of carbonyl (C=O) groups excluding carboxylic acids is 1. The van der Waals surface area contributed by atoms with Gasteiger partial charge >= 0.3 is 0 Å². The molecule has 0 spiro atoms. The largest absolute Gasteiger partial charge is 0.492 e. The lowest BCUT2D eigenvalue weighted by molar-refractivity contribution is 0.0784. The summed E-state index contributed by atoms with van der Waals surface area (Å²) in [5.41, 5.74) is 10.2. The van der Waals surface area contributed by atoms with Gasteiger partial charge in [0.2, 0.25) is 0 Å². The SMILES string of the molecule is COc1c(N)ccnc1-c1ccc(C(=O)N(C)Cc2c(C)noc2C)cc1. The molecule has 0 bridgehead atoms. The average Bonchev–Trinajstić information content (AvgIpc) is 2.99. The molecule has 0 atom stereocenters. The fourth-order valence-electron chi connectivity index (χ4n) is 2.91. The Kier molecular flexibility index (Phi) is 5.12. The number of nitrogen functional groups attached to an aromatic ring is 1. The second-order valence-electron chi connectivity index (χ2n) is 6.32. The van der Waals surface area contributed by atoms with Gasteiger partial charge in [-0.1, -0.05) is 17.3 Å². The van der Waals surface area contributed by atoms with Crippen molar-refractivity contribution in [3.05, 3.63) is 59.1 Å². The molecule has 2 heterocycles. The Morgan fingerprint density at radius 2 is 1.93 bits per heavy atom. The monoisotopic (exact) mass is 366 g/mol. The minimum atomic E-state index is -0.0888. The van der Waals surface area contributed by atoms with Crippen molar-refractivity contribution in [2.45, 2.75) is 20.4 Å². The van der Waals surface area contributed by atoms with Crippen LogP contribution >= 0.6 is 0 Å². The molecule has 0 unspecified atom stereocenters. The number of nitrogens with two attached hydrogens (primary N) is 1. The van der Waals surface area contributed by atoms with Crippen molar-refractivity contribution in [2.75, 3.05) is 19.9 Å². The maximum absolute atomic E-state index is 12.7. The molecule has 27 heavy (non-hydrogen) atoms. The van der Waals surface area contributed by atoms with E-state index in [9.17, 15) is 4.79 Å². The Labute approximate surface area is 157 Å². The number of pyridine rings is 1. The van der Waals surface area contributed by atoms with Crippen LogP contribution < -0.4 is 10.5 Å². The number of hydrogen-bond acceptors (Lipinski definition) is 6. The van der Waals surface area contributed by atoms with Gasteiger partial charge in [0.1, 0.15) is 11.5 Å². The van der Waals surface area contributed by atoms with E-state index in [1.165, 1.54) is 0 Å². The first-order valence-electron chi connectivity index (χ1n) is 8.48. The van der Waals surface area contributed by atoms with Crippen LogP contribution in [-0.4, -0.2) is 35.1 Å². The van der Waals surface area contributed by atoms with Gasteiger partial charge in [0.15, 0.2) is 5.75 Å². The van der Waals surface area contributed by atoms with Gasteiger partial charge in [-0.15, -0.1) is 0 Å². The van der Waals surface area contributed by atoms with Gasteiger partial charge in [0, 0.05) is 29.9 Å². The smallest absolute Gasteiger partial charge is 0.253 e. The molecule has 140 valence electrons. The van der Waals surface area contributed by atoms with Gasteiger partial charge in [-0.3, -0.25) is 9.78 Å². The lowest BCUT2D eigenvalue weighted by Gasteiger charge is -2.17. The van der Waals surface area contributed by atoms with Gasteiger partial charge in [0.25, 0.3) is 5.91 Å². The highest BCUT2D eigenvalue weighted by Gasteiger charge is 2.17. The molecule has 7 nitrogen and oxygen atoms in total. The van der Waals surface area contributed by atoms with Crippen LogP contribution in [-0.2, 0) is 6.54 Å². The van der Waals surface area contributed by atoms with Crippen LogP contribution in [0.4, 0.5) is 5.69 Å². The summed E-state index contributed by atoms with van der Waals surface area (Å²) in [4.78, 5) is 18.7. The summed E-state index contributed by atoms with van der Waals surface area (Å²) in [7, 11) is 3.31. The molecule has 2 N–H and O–H groups in total. The molecule has 3 aromatic rings. The number of rotatable bonds is 5. The summed E-state index contributed by atoms with van der Waals surface area (Å²) < 4.78 is 10.5. The molecule has 0 aliphatic carbocycles. The van der Waals surface area contributed by atoms with Crippen molar-refractivity contribution in [3.8, 4) is 17.0 Å². The molecule has 3 rings (SSSR count). The number of anilines is 1. The molecule has 0 fully saturated rings. The highest BCUT2D eigenvalue weighted by molar-refractivity contribution is 5.94. The van der Waals surface area contributed by atoms with Crippen LogP contribution in [0.3, 0.4) is 0 Å². The molecule has 0 saturated heterocycles. The van der Waals surface area contributed by atoms with Crippen LogP contribution in [0.5, 0.6) is 5.75 Å². The zero-order chi connectivity index (χ0) is 19.6. The third-order valence-electron chi connectivity index (χ3n) is 4.47. The average molecular weight is 366 g/mol. The Balaban J connectivity index is 1.81. The summed E-state index contributed by atoms with van der Waals surface area (Å²) in [6.45, 7) is 4.14. The van der Waals surface area contributed by atoms with Crippen molar-refractivity contribution in [1.82, 2.24) is 15.0 Å². The van der Waals surface area contributed by atoms with E-state index >= 15 is 0 Å². The summed E-state index contributed by atoms with van der Waals surface area (Å²) >= 11 is 0. The quantitative estimate of drug-likeness (QED) is 0.745. The summed E-state index contributed by atoms with van der Waals surface area (Å²) in [6.07, 6.45) is 1.63. The van der Waals surface area contributed by atoms with Crippen molar-refractivity contribution >= 4 is 11.6 Å². The topological polar surface area (TPSA) is 94.5 Å². The molecule has 0 aliphatic heterocycles. The minimum absolute atomic E-state index is 0.0888. The molecular formula is C20H22N4O3. The van der Waals surface area contributed by atoms with Crippen LogP contribution in [0.15, 0.2) is 41.1 Å². The van der Waals surface area contributed by atoms with Crippen molar-refractivity contribution in [2.24, 2.45) is 0 Å². The molecule has 0 saturated carbocycles. The number of aromatic nitrogens is 2. The van der Waals surface area contributed by atoms with Crippen LogP contribution in [0.2, 0.25) is 0 Å². The predicted octanol–water partition coefficient (Wildman–Crippen LogP) is 3.22. The van der Waals surface area contributed by atoms with Gasteiger partial charge in [-0.05, 0) is 32.0 Å². The molecule has 7 heteroatoms. The Morgan fingerprint density at radius 3 is 2.52 bits per heavy atom. The van der Waals surface area contributed by atoms with E-state index in [0.717, 1.165) is 22.6 Å². The lowest BCUT2D eigenvalue weighted by Crippen LogP contribution is -2.26. The van der Waals surface area contributed by atoms with Gasteiger partial charge < -0.3 is 19.9 Å². The minimum Gasteiger partial charge on any atom is -0.492 e. The summed E-state index contributed by atoms with van der Waals surface area (Å²) in [6, 6.07) is 8.89. The van der Waals surface area contributed by atoms with Gasteiger partial charge in [-0.2, -0.15) is 0 Å². The Bertz CT molecular complexity index is 944. The number of carbonyl (C=O) groups is 1. The molecule has 2 aromatic heterocycles. The molecule has 0 aliphatic rings. The van der Waals surface area contributed by atoms with Gasteiger partial charge in [-0.25, -0.2) is 0 Å². The zero-order valence-electron chi connectivity index (χ0n) is 15.8. The highest BCUT2D eigenvalue weighted by atomic mass is 16.5. The van der Waals surface area contributed by atoms with E-state index in [2.05, 4.69) is 10.1 Å². The van der Waals surface area contributed by atoms with Crippen LogP contribution in [0, 0.1) is 13.8 Å². The second-order valence-corrected chi connectivity index (χ2v) is 6.32. The standard InChI is InChI=1S/C20H22N4O3/c1-12-16(13(2)27-23-12)11-24(3)20(25)15-7-5-14(6-8-15)18-19(26-4)17(21)9-10-22-18/h5-10H,11H2,1-4H3,(H2,21,22). The Morgan fingerprint density at radius 1 is 1.22 bits per heavy atom. The van der Waals surface area contributed by atoms with E-state index in [0.29, 0.717) is 29.2 Å². The summed E-state index contributed by atoms with van der Waals surface area (Å²) in [5, 5.41) is 3.93. The maximum Gasteiger partial charge on any atom is 0.253 e. The van der Waals surface area contributed by atoms with E-state index in [4.69, 9.17) is 15.0 Å². The third-order valence-corrected chi connectivity index (χ3v) is 4.47. The lowest BCUT2D eigenvalue weighted by atomic mass is 10.1. The van der Waals surface area contributed by atoms with E-state index in [1.54, 1.807) is 43.5 Å². The molecule has 1 aromatic carbocycles. The van der Waals surface area contributed by atoms with Crippen molar-refractivity contribution in [3.63, 3.8) is 0 Å². The van der Waals surface area contributed by atoms with E-state index < -0.39 is 0 Å². The zero-order valence-corrected chi connectivity index (χ0v) is 15.8. The number of nitrogens with zero attached hydrogens (tertiary/aromatic N) is 3.